The zero-order chi connectivity index (χ0) is 20.3. The minimum Gasteiger partial charge on any atom is -0.461 e. The van der Waals surface area contributed by atoms with Crippen LogP contribution in [0.4, 0.5) is 0 Å². The van der Waals surface area contributed by atoms with Gasteiger partial charge in [0, 0.05) is 6.42 Å². The van der Waals surface area contributed by atoms with Gasteiger partial charge in [0.05, 0.1) is 17.9 Å². The summed E-state index contributed by atoms with van der Waals surface area (Å²) in [6.07, 6.45) is 0.257. The van der Waals surface area contributed by atoms with E-state index in [9.17, 15) is 18.0 Å². The van der Waals surface area contributed by atoms with E-state index in [2.05, 4.69) is 0 Å². The van der Waals surface area contributed by atoms with Crippen molar-refractivity contribution in [3.63, 3.8) is 0 Å². The summed E-state index contributed by atoms with van der Waals surface area (Å²) in [6.45, 7) is 1.85. The SMILES string of the molecule is Cc1ccccc1S(=O)(=O)O.NCC(=O)CCC(=O)OCc1ccccc1. The molecule has 2 aromatic rings. The van der Waals surface area contributed by atoms with Crippen molar-refractivity contribution in [3.05, 3.63) is 65.7 Å². The standard InChI is InChI=1S/C12H15NO3.C7H8O3S/c13-8-11(14)6-7-12(15)16-9-10-4-2-1-3-5-10;1-6-4-2-3-5-7(6)11(8,9)10/h1-5H,6-9,13H2;2-5H,1H3,(H,8,9,10). The van der Waals surface area contributed by atoms with Gasteiger partial charge in [-0.25, -0.2) is 0 Å². The average molecular weight is 393 g/mol. The molecule has 0 unspecified atom stereocenters. The lowest BCUT2D eigenvalue weighted by atomic mass is 10.2. The predicted molar refractivity (Wildman–Crippen MR) is 101 cm³/mol. The van der Waals surface area contributed by atoms with E-state index in [1.54, 1.807) is 25.1 Å². The number of nitrogens with two attached hydrogens (primary N) is 1. The van der Waals surface area contributed by atoms with Crippen LogP contribution in [0.2, 0.25) is 0 Å². The van der Waals surface area contributed by atoms with Crippen LogP contribution in [0.25, 0.3) is 0 Å². The van der Waals surface area contributed by atoms with Crippen LogP contribution in [-0.4, -0.2) is 31.3 Å². The summed E-state index contributed by atoms with van der Waals surface area (Å²) >= 11 is 0. The molecule has 3 N–H and O–H groups in total. The summed E-state index contributed by atoms with van der Waals surface area (Å²) in [5, 5.41) is 0. The van der Waals surface area contributed by atoms with Crippen molar-refractivity contribution < 1.29 is 27.3 Å². The number of hydrogen-bond donors (Lipinski definition) is 2. The van der Waals surface area contributed by atoms with Gasteiger partial charge in [-0.15, -0.1) is 0 Å². The lowest BCUT2D eigenvalue weighted by Gasteiger charge is -2.04. The third-order valence-corrected chi connectivity index (χ3v) is 4.46. The molecule has 2 aromatic carbocycles. The van der Waals surface area contributed by atoms with E-state index in [1.165, 1.54) is 6.07 Å². The molecule has 0 aliphatic heterocycles. The Labute approximate surface area is 158 Å². The van der Waals surface area contributed by atoms with E-state index in [-0.39, 0.29) is 42.6 Å². The quantitative estimate of drug-likeness (QED) is 0.546. The van der Waals surface area contributed by atoms with E-state index in [1.807, 2.05) is 30.3 Å². The van der Waals surface area contributed by atoms with Gasteiger partial charge in [0.15, 0.2) is 0 Å². The number of hydrogen-bond acceptors (Lipinski definition) is 6. The molecule has 0 heterocycles. The average Bonchev–Trinajstić information content (AvgIpc) is 2.65. The second-order valence-electron chi connectivity index (χ2n) is 5.63. The molecular weight excluding hydrogens is 370 g/mol. The number of ether oxygens (including phenoxy) is 1. The van der Waals surface area contributed by atoms with E-state index in [0.717, 1.165) is 5.56 Å². The van der Waals surface area contributed by atoms with Crippen molar-refractivity contribution >= 4 is 21.9 Å². The fraction of sp³-hybridized carbons (Fsp3) is 0.263. The third kappa shape index (κ3) is 9.09. The summed E-state index contributed by atoms with van der Waals surface area (Å²) < 4.78 is 34.9. The molecule has 7 nitrogen and oxygen atoms in total. The topological polar surface area (TPSA) is 124 Å². The molecule has 0 radical (unpaired) electrons. The molecule has 0 bridgehead atoms. The van der Waals surface area contributed by atoms with Gasteiger partial charge < -0.3 is 10.5 Å². The molecule has 0 aliphatic rings. The van der Waals surface area contributed by atoms with Crippen molar-refractivity contribution in [2.24, 2.45) is 5.73 Å². The van der Waals surface area contributed by atoms with Crippen LogP contribution < -0.4 is 5.73 Å². The first-order chi connectivity index (χ1) is 12.7. The van der Waals surface area contributed by atoms with Crippen LogP contribution in [0, 0.1) is 6.92 Å². The van der Waals surface area contributed by atoms with Gasteiger partial charge in [-0.3, -0.25) is 14.1 Å². The minimum absolute atomic E-state index is 0.0219. The summed E-state index contributed by atoms with van der Waals surface area (Å²) in [5.74, 6) is -0.498. The number of benzene rings is 2. The summed E-state index contributed by atoms with van der Waals surface area (Å²) in [7, 11) is -4.03. The van der Waals surface area contributed by atoms with Crippen LogP contribution in [0.15, 0.2) is 59.5 Å². The lowest BCUT2D eigenvalue weighted by molar-refractivity contribution is -0.146. The maximum Gasteiger partial charge on any atom is 0.306 e. The highest BCUT2D eigenvalue weighted by atomic mass is 32.2. The normalized spacial score (nSPS) is 10.5. The summed E-state index contributed by atoms with van der Waals surface area (Å²) in [5.41, 5.74) is 6.60. The smallest absolute Gasteiger partial charge is 0.306 e. The van der Waals surface area contributed by atoms with Crippen molar-refractivity contribution in [1.82, 2.24) is 0 Å². The minimum atomic E-state index is -4.03. The van der Waals surface area contributed by atoms with Gasteiger partial charge in [-0.05, 0) is 24.1 Å². The monoisotopic (exact) mass is 393 g/mol. The first-order valence-electron chi connectivity index (χ1n) is 8.18. The highest BCUT2D eigenvalue weighted by molar-refractivity contribution is 7.85. The Morgan fingerprint density at radius 1 is 1.00 bits per heavy atom. The van der Waals surface area contributed by atoms with E-state index < -0.39 is 10.1 Å². The van der Waals surface area contributed by atoms with E-state index in [4.69, 9.17) is 15.0 Å². The molecule has 0 fully saturated rings. The second kappa shape index (κ2) is 11.2. The van der Waals surface area contributed by atoms with Crippen molar-refractivity contribution in [2.45, 2.75) is 31.3 Å². The fourth-order valence-electron chi connectivity index (χ4n) is 2.00. The molecule has 0 amide bonds. The zero-order valence-electron chi connectivity index (χ0n) is 15.0. The van der Waals surface area contributed by atoms with Crippen molar-refractivity contribution in [2.75, 3.05) is 6.54 Å². The highest BCUT2D eigenvalue weighted by Gasteiger charge is 2.10. The van der Waals surface area contributed by atoms with Gasteiger partial charge in [0.25, 0.3) is 10.1 Å². The molecule has 0 aliphatic carbocycles. The molecular formula is C19H23NO6S. The molecule has 146 valence electrons. The fourth-order valence-corrected chi connectivity index (χ4v) is 2.73. The number of carbonyl (C=O) groups is 2. The molecule has 2 rings (SSSR count). The Balaban J connectivity index is 0.000000289. The Bertz CT molecular complexity index is 850. The molecule has 27 heavy (non-hydrogen) atoms. The first kappa shape index (κ1) is 22.5. The Kier molecular flexibility index (Phi) is 9.35. The maximum absolute atomic E-state index is 11.2. The first-order valence-corrected chi connectivity index (χ1v) is 9.62. The molecule has 0 atom stereocenters. The number of esters is 1. The van der Waals surface area contributed by atoms with Crippen LogP contribution in [-0.2, 0) is 31.1 Å². The van der Waals surface area contributed by atoms with Crippen molar-refractivity contribution in [3.8, 4) is 0 Å². The summed E-state index contributed by atoms with van der Waals surface area (Å²) in [6, 6.07) is 15.7. The predicted octanol–water partition coefficient (Wildman–Crippen LogP) is 2.28. The molecule has 8 heteroatoms. The highest BCUT2D eigenvalue weighted by Crippen LogP contribution is 2.12. The number of carbonyl (C=O) groups excluding carboxylic acids is 2. The van der Waals surface area contributed by atoms with E-state index >= 15 is 0 Å². The molecule has 0 spiro atoms. The Morgan fingerprint density at radius 2 is 1.59 bits per heavy atom. The largest absolute Gasteiger partial charge is 0.461 e. The van der Waals surface area contributed by atoms with Gasteiger partial charge >= 0.3 is 5.97 Å². The van der Waals surface area contributed by atoms with Crippen LogP contribution in [0.3, 0.4) is 0 Å². The number of aryl methyl sites for hydroxylation is 1. The zero-order valence-corrected chi connectivity index (χ0v) is 15.8. The third-order valence-electron chi connectivity index (χ3n) is 3.45. The van der Waals surface area contributed by atoms with Crippen LogP contribution in [0.5, 0.6) is 0 Å². The number of ketones is 1. The number of rotatable bonds is 7. The molecule has 0 saturated heterocycles. The van der Waals surface area contributed by atoms with Gasteiger partial charge in [0.2, 0.25) is 0 Å². The van der Waals surface area contributed by atoms with E-state index in [0.29, 0.717) is 5.56 Å². The van der Waals surface area contributed by atoms with Gasteiger partial charge in [-0.2, -0.15) is 8.42 Å². The van der Waals surface area contributed by atoms with Gasteiger partial charge in [-0.1, -0.05) is 48.5 Å². The second-order valence-corrected chi connectivity index (χ2v) is 7.02. The van der Waals surface area contributed by atoms with Crippen LogP contribution in [0.1, 0.15) is 24.0 Å². The molecule has 0 aromatic heterocycles. The summed E-state index contributed by atoms with van der Waals surface area (Å²) in [4.78, 5) is 22.1. The van der Waals surface area contributed by atoms with Gasteiger partial charge in [0.1, 0.15) is 12.4 Å². The van der Waals surface area contributed by atoms with Crippen molar-refractivity contribution in [1.29, 1.82) is 0 Å². The Morgan fingerprint density at radius 3 is 2.11 bits per heavy atom. The number of Topliss-reactive ketones (excluding diaryl/α,β-unsaturated/α-hetero) is 1. The Hall–Kier alpha value is -2.55. The lowest BCUT2D eigenvalue weighted by Crippen LogP contribution is -2.15. The maximum atomic E-state index is 11.2. The van der Waals surface area contributed by atoms with Crippen LogP contribution >= 0.6 is 0 Å². The molecule has 0 saturated carbocycles.